The number of ether oxygens (including phenoxy) is 1. The number of nitrogens with two attached hydrogens (primary N) is 1. The zero-order valence-corrected chi connectivity index (χ0v) is 8.03. The van der Waals surface area contributed by atoms with Gasteiger partial charge in [-0.1, -0.05) is 18.3 Å². The minimum atomic E-state index is -0.446. The lowest BCUT2D eigenvalue weighted by Crippen LogP contribution is -2.13. The monoisotopic (exact) mass is 199 g/mol. The summed E-state index contributed by atoms with van der Waals surface area (Å²) in [5.74, 6) is -0.0477. The van der Waals surface area contributed by atoms with Gasteiger partial charge in [-0.3, -0.25) is 0 Å². The fourth-order valence-electron chi connectivity index (χ4n) is 1.02. The van der Waals surface area contributed by atoms with E-state index in [1.54, 1.807) is 12.1 Å². The first-order chi connectivity index (χ1) is 6.16. The van der Waals surface area contributed by atoms with Crippen LogP contribution < -0.4 is 10.5 Å². The van der Waals surface area contributed by atoms with Crippen molar-refractivity contribution in [3.63, 3.8) is 0 Å². The molecule has 70 valence electrons. The molecule has 0 saturated heterocycles. The van der Waals surface area contributed by atoms with Gasteiger partial charge >= 0.3 is 0 Å². The van der Waals surface area contributed by atoms with Gasteiger partial charge < -0.3 is 10.5 Å². The Kier molecular flexibility index (Phi) is 3.19. The van der Waals surface area contributed by atoms with Crippen molar-refractivity contribution >= 4 is 17.2 Å². The lowest BCUT2D eigenvalue weighted by molar-refractivity contribution is 0.337. The largest absolute Gasteiger partial charge is 0.493 e. The van der Waals surface area contributed by atoms with Crippen molar-refractivity contribution in [2.24, 2.45) is 5.73 Å². The lowest BCUT2D eigenvalue weighted by atomic mass is 10.2. The molecule has 0 aromatic heterocycles. The Bertz CT molecular complexity index is 327. The zero-order chi connectivity index (χ0) is 9.84. The maximum absolute atomic E-state index is 13.2. The highest BCUT2D eigenvalue weighted by Crippen LogP contribution is 2.20. The Morgan fingerprint density at radius 2 is 2.31 bits per heavy atom. The molecule has 0 aliphatic carbocycles. The standard InChI is InChI=1S/C9H10FNOS/c1-2-12-7-5-3-4-6(10)8(7)9(11)13/h3-5H,2H2,1H3,(H2,11,13). The first-order valence-corrected chi connectivity index (χ1v) is 4.28. The SMILES string of the molecule is CCOc1cccc(F)c1C(N)=S. The lowest BCUT2D eigenvalue weighted by Gasteiger charge is -2.08. The van der Waals surface area contributed by atoms with Gasteiger partial charge in [-0.15, -0.1) is 0 Å². The predicted molar refractivity (Wildman–Crippen MR) is 53.5 cm³/mol. The number of hydrogen-bond donors (Lipinski definition) is 1. The molecule has 1 aromatic rings. The van der Waals surface area contributed by atoms with E-state index in [0.717, 1.165) is 0 Å². The van der Waals surface area contributed by atoms with Gasteiger partial charge in [-0.2, -0.15) is 0 Å². The van der Waals surface area contributed by atoms with Crippen molar-refractivity contribution < 1.29 is 9.13 Å². The van der Waals surface area contributed by atoms with Crippen molar-refractivity contribution in [1.82, 2.24) is 0 Å². The highest BCUT2D eigenvalue weighted by Gasteiger charge is 2.11. The molecule has 0 amide bonds. The van der Waals surface area contributed by atoms with Crippen LogP contribution in [0.4, 0.5) is 4.39 Å². The minimum Gasteiger partial charge on any atom is -0.493 e. The summed E-state index contributed by atoms with van der Waals surface area (Å²) in [7, 11) is 0. The van der Waals surface area contributed by atoms with E-state index in [1.807, 2.05) is 6.92 Å². The second-order valence-electron chi connectivity index (χ2n) is 2.41. The van der Waals surface area contributed by atoms with Gasteiger partial charge in [0, 0.05) is 0 Å². The third kappa shape index (κ3) is 2.15. The van der Waals surface area contributed by atoms with Crippen molar-refractivity contribution in [3.05, 3.63) is 29.6 Å². The van der Waals surface area contributed by atoms with E-state index < -0.39 is 5.82 Å². The maximum Gasteiger partial charge on any atom is 0.137 e. The third-order valence-corrected chi connectivity index (χ3v) is 1.73. The van der Waals surface area contributed by atoms with Crippen molar-refractivity contribution in [2.45, 2.75) is 6.92 Å². The summed E-state index contributed by atoms with van der Waals surface area (Å²) in [6.07, 6.45) is 0. The van der Waals surface area contributed by atoms with Crippen molar-refractivity contribution in [2.75, 3.05) is 6.61 Å². The second kappa shape index (κ2) is 4.18. The molecule has 0 saturated carbocycles. The Balaban J connectivity index is 3.17. The molecule has 1 rings (SSSR count). The highest BCUT2D eigenvalue weighted by molar-refractivity contribution is 7.80. The van der Waals surface area contributed by atoms with E-state index in [4.69, 9.17) is 22.7 Å². The predicted octanol–water partition coefficient (Wildman–Crippen LogP) is 1.86. The number of hydrogen-bond acceptors (Lipinski definition) is 2. The van der Waals surface area contributed by atoms with Gasteiger partial charge in [0.1, 0.15) is 16.6 Å². The van der Waals surface area contributed by atoms with Crippen LogP contribution in [0, 0.1) is 5.82 Å². The van der Waals surface area contributed by atoms with Crippen molar-refractivity contribution in [3.8, 4) is 5.75 Å². The van der Waals surface area contributed by atoms with E-state index >= 15 is 0 Å². The molecule has 0 heterocycles. The number of benzene rings is 1. The number of rotatable bonds is 3. The second-order valence-corrected chi connectivity index (χ2v) is 2.85. The molecule has 0 fully saturated rings. The van der Waals surface area contributed by atoms with Gasteiger partial charge in [-0.05, 0) is 19.1 Å². The fourth-order valence-corrected chi connectivity index (χ4v) is 1.22. The van der Waals surface area contributed by atoms with Gasteiger partial charge in [0.05, 0.1) is 12.2 Å². The zero-order valence-electron chi connectivity index (χ0n) is 7.21. The van der Waals surface area contributed by atoms with E-state index in [9.17, 15) is 4.39 Å². The van der Waals surface area contributed by atoms with Crippen LogP contribution in [0.1, 0.15) is 12.5 Å². The summed E-state index contributed by atoms with van der Waals surface area (Å²) in [6.45, 7) is 2.27. The Morgan fingerprint density at radius 1 is 1.62 bits per heavy atom. The normalized spacial score (nSPS) is 9.69. The summed E-state index contributed by atoms with van der Waals surface area (Å²) in [5.41, 5.74) is 5.54. The van der Waals surface area contributed by atoms with E-state index in [1.165, 1.54) is 6.07 Å². The van der Waals surface area contributed by atoms with E-state index in [-0.39, 0.29) is 10.6 Å². The summed E-state index contributed by atoms with van der Waals surface area (Å²) >= 11 is 4.71. The summed E-state index contributed by atoms with van der Waals surface area (Å²) in [6, 6.07) is 4.50. The topological polar surface area (TPSA) is 35.2 Å². The summed E-state index contributed by atoms with van der Waals surface area (Å²) < 4.78 is 18.3. The quantitative estimate of drug-likeness (QED) is 0.755. The number of halogens is 1. The van der Waals surface area contributed by atoms with Gasteiger partial charge in [-0.25, -0.2) is 4.39 Å². The van der Waals surface area contributed by atoms with Crippen LogP contribution in [-0.2, 0) is 0 Å². The Hall–Kier alpha value is -1.16. The van der Waals surface area contributed by atoms with Crippen LogP contribution in [0.5, 0.6) is 5.75 Å². The summed E-state index contributed by atoms with van der Waals surface area (Å²) in [4.78, 5) is 0.0153. The van der Waals surface area contributed by atoms with Crippen LogP contribution in [0.2, 0.25) is 0 Å². The van der Waals surface area contributed by atoms with Crippen LogP contribution in [0.25, 0.3) is 0 Å². The average molecular weight is 199 g/mol. The molecular formula is C9H10FNOS. The van der Waals surface area contributed by atoms with Gasteiger partial charge in [0.15, 0.2) is 0 Å². The molecule has 0 spiro atoms. The molecule has 0 unspecified atom stereocenters. The van der Waals surface area contributed by atoms with E-state index in [0.29, 0.717) is 12.4 Å². The first-order valence-electron chi connectivity index (χ1n) is 3.88. The van der Waals surface area contributed by atoms with Crippen molar-refractivity contribution in [1.29, 1.82) is 0 Å². The fraction of sp³-hybridized carbons (Fsp3) is 0.222. The smallest absolute Gasteiger partial charge is 0.137 e. The first kappa shape index (κ1) is 9.92. The van der Waals surface area contributed by atoms with E-state index in [2.05, 4.69) is 0 Å². The molecule has 2 N–H and O–H groups in total. The molecule has 0 aliphatic rings. The molecule has 0 radical (unpaired) electrons. The third-order valence-electron chi connectivity index (χ3n) is 1.52. The molecule has 1 aromatic carbocycles. The maximum atomic E-state index is 13.2. The van der Waals surface area contributed by atoms with Gasteiger partial charge in [0.2, 0.25) is 0 Å². The molecular weight excluding hydrogens is 189 g/mol. The van der Waals surface area contributed by atoms with Crippen LogP contribution in [-0.4, -0.2) is 11.6 Å². The molecule has 4 heteroatoms. The van der Waals surface area contributed by atoms with Crippen LogP contribution in [0.3, 0.4) is 0 Å². The van der Waals surface area contributed by atoms with Crippen LogP contribution >= 0.6 is 12.2 Å². The number of thiocarbonyl (C=S) groups is 1. The molecule has 13 heavy (non-hydrogen) atoms. The Labute approximate surface area is 81.5 Å². The highest BCUT2D eigenvalue weighted by atomic mass is 32.1. The summed E-state index contributed by atoms with van der Waals surface area (Å²) in [5, 5.41) is 0. The molecule has 0 aliphatic heterocycles. The molecule has 0 bridgehead atoms. The Morgan fingerprint density at radius 3 is 2.85 bits per heavy atom. The molecule has 0 atom stereocenters. The van der Waals surface area contributed by atoms with Crippen LogP contribution in [0.15, 0.2) is 18.2 Å². The minimum absolute atomic E-state index is 0.0153. The average Bonchev–Trinajstić information content (AvgIpc) is 2.04. The molecule has 2 nitrogen and oxygen atoms in total. The van der Waals surface area contributed by atoms with Gasteiger partial charge in [0.25, 0.3) is 0 Å².